The highest BCUT2D eigenvalue weighted by atomic mass is 32.1. The first-order valence-electron chi connectivity index (χ1n) is 4.65. The fourth-order valence-electron chi connectivity index (χ4n) is 1.26. The number of thiophene rings is 1. The van der Waals surface area contributed by atoms with Gasteiger partial charge < -0.3 is 11.1 Å². The van der Waals surface area contributed by atoms with E-state index in [0.29, 0.717) is 5.82 Å². The van der Waals surface area contributed by atoms with Crippen LogP contribution >= 0.6 is 22.9 Å². The summed E-state index contributed by atoms with van der Waals surface area (Å²) in [4.78, 5) is 0. The first-order chi connectivity index (χ1) is 7.18. The van der Waals surface area contributed by atoms with Crippen LogP contribution in [0, 0.1) is 13.8 Å². The largest absolute Gasteiger partial charge is 0.383 e. The summed E-state index contributed by atoms with van der Waals surface area (Å²) in [6.45, 7) is 4.96. The molecular weight excluding hydrogens is 226 g/mol. The Kier molecular flexibility index (Phi) is 2.93. The van der Waals surface area contributed by atoms with Gasteiger partial charge in [-0.25, -0.2) is 0 Å². The van der Waals surface area contributed by atoms with Gasteiger partial charge in [0.2, 0.25) is 0 Å². The molecule has 2 heterocycles. The zero-order chi connectivity index (χ0) is 10.8. The number of nitrogens with one attached hydrogen (secondary N) is 1. The van der Waals surface area contributed by atoms with Crippen LogP contribution in [0.3, 0.4) is 0 Å². The maximum absolute atomic E-state index is 5.68. The Morgan fingerprint density at radius 3 is 2.73 bits per heavy atom. The number of aromatic nitrogens is 1. The second-order valence-corrected chi connectivity index (χ2v) is 4.97. The fraction of sp³-hybridized carbons (Fsp3) is 0.300. The number of hydrogen-bond acceptors (Lipinski definition) is 5. The van der Waals surface area contributed by atoms with Crippen molar-refractivity contribution in [3.05, 3.63) is 27.5 Å². The SMILES string of the molecule is Cc1cscc1CNc1snc(N)c1C. The molecule has 2 aromatic heterocycles. The van der Waals surface area contributed by atoms with Crippen LogP contribution in [-0.4, -0.2) is 4.37 Å². The minimum Gasteiger partial charge on any atom is -0.383 e. The molecule has 2 aromatic rings. The van der Waals surface area contributed by atoms with Crippen LogP contribution in [0.15, 0.2) is 10.8 Å². The number of nitrogens with two attached hydrogens (primary N) is 1. The molecule has 0 amide bonds. The van der Waals surface area contributed by atoms with Crippen LogP contribution in [0.5, 0.6) is 0 Å². The van der Waals surface area contributed by atoms with Gasteiger partial charge in [0.15, 0.2) is 0 Å². The summed E-state index contributed by atoms with van der Waals surface area (Å²) >= 11 is 3.16. The molecule has 2 rings (SSSR count). The van der Waals surface area contributed by atoms with Crippen LogP contribution in [0.4, 0.5) is 10.8 Å². The average Bonchev–Trinajstić information content (AvgIpc) is 2.74. The molecule has 80 valence electrons. The van der Waals surface area contributed by atoms with E-state index in [4.69, 9.17) is 5.73 Å². The third-order valence-electron chi connectivity index (χ3n) is 2.36. The van der Waals surface area contributed by atoms with Crippen molar-refractivity contribution in [1.29, 1.82) is 0 Å². The van der Waals surface area contributed by atoms with Gasteiger partial charge >= 0.3 is 0 Å². The Morgan fingerprint density at radius 1 is 1.40 bits per heavy atom. The molecule has 15 heavy (non-hydrogen) atoms. The molecule has 0 bridgehead atoms. The minimum absolute atomic E-state index is 0.629. The summed E-state index contributed by atoms with van der Waals surface area (Å²) in [6, 6.07) is 0. The van der Waals surface area contributed by atoms with Crippen LogP contribution in [0.2, 0.25) is 0 Å². The van der Waals surface area contributed by atoms with Crippen molar-refractivity contribution in [1.82, 2.24) is 4.37 Å². The molecule has 3 N–H and O–H groups in total. The molecule has 0 aromatic carbocycles. The molecule has 3 nitrogen and oxygen atoms in total. The van der Waals surface area contributed by atoms with E-state index < -0.39 is 0 Å². The predicted octanol–water partition coefficient (Wildman–Crippen LogP) is 3.02. The van der Waals surface area contributed by atoms with Gasteiger partial charge in [-0.15, -0.1) is 0 Å². The lowest BCUT2D eigenvalue weighted by molar-refractivity contribution is 1.14. The second-order valence-electron chi connectivity index (χ2n) is 3.46. The quantitative estimate of drug-likeness (QED) is 0.865. The Labute approximate surface area is 97.1 Å². The van der Waals surface area contributed by atoms with Crippen LogP contribution in [0.1, 0.15) is 16.7 Å². The Hall–Kier alpha value is -1.07. The summed E-state index contributed by atoms with van der Waals surface area (Å²) < 4.78 is 4.10. The number of aryl methyl sites for hydroxylation is 1. The lowest BCUT2D eigenvalue weighted by Gasteiger charge is -2.03. The molecule has 0 unspecified atom stereocenters. The fourth-order valence-corrected chi connectivity index (χ4v) is 2.82. The monoisotopic (exact) mass is 239 g/mol. The van der Waals surface area contributed by atoms with Crippen molar-refractivity contribution < 1.29 is 0 Å². The van der Waals surface area contributed by atoms with E-state index in [2.05, 4.69) is 27.4 Å². The normalized spacial score (nSPS) is 10.5. The Balaban J connectivity index is 2.05. The topological polar surface area (TPSA) is 50.9 Å². The van der Waals surface area contributed by atoms with Gasteiger partial charge in [-0.05, 0) is 47.3 Å². The maximum Gasteiger partial charge on any atom is 0.142 e. The van der Waals surface area contributed by atoms with Gasteiger partial charge in [0, 0.05) is 12.1 Å². The lowest BCUT2D eigenvalue weighted by Crippen LogP contribution is -1.99. The van der Waals surface area contributed by atoms with Gasteiger partial charge in [0.05, 0.1) is 0 Å². The van der Waals surface area contributed by atoms with Crippen molar-refractivity contribution in [3.8, 4) is 0 Å². The summed E-state index contributed by atoms with van der Waals surface area (Å²) in [5, 5.41) is 8.75. The van der Waals surface area contributed by atoms with Gasteiger partial charge in [-0.2, -0.15) is 15.7 Å². The first-order valence-corrected chi connectivity index (χ1v) is 6.37. The molecule has 0 aliphatic carbocycles. The van der Waals surface area contributed by atoms with Crippen LogP contribution < -0.4 is 11.1 Å². The molecule has 0 spiro atoms. The average molecular weight is 239 g/mol. The number of nitrogen functional groups attached to an aromatic ring is 1. The number of anilines is 2. The van der Waals surface area contributed by atoms with E-state index in [1.165, 1.54) is 22.7 Å². The molecule has 0 saturated carbocycles. The predicted molar refractivity (Wildman–Crippen MR) is 67.6 cm³/mol. The van der Waals surface area contributed by atoms with E-state index in [-0.39, 0.29) is 0 Å². The number of rotatable bonds is 3. The summed E-state index contributed by atoms with van der Waals surface area (Å²) in [5.41, 5.74) is 9.40. The zero-order valence-electron chi connectivity index (χ0n) is 8.70. The second kappa shape index (κ2) is 4.20. The van der Waals surface area contributed by atoms with E-state index in [1.807, 2.05) is 6.92 Å². The van der Waals surface area contributed by atoms with E-state index in [9.17, 15) is 0 Å². The van der Waals surface area contributed by atoms with Gasteiger partial charge in [0.1, 0.15) is 10.8 Å². The van der Waals surface area contributed by atoms with Crippen molar-refractivity contribution in [2.24, 2.45) is 0 Å². The van der Waals surface area contributed by atoms with Gasteiger partial charge in [0.25, 0.3) is 0 Å². The van der Waals surface area contributed by atoms with E-state index in [1.54, 1.807) is 11.3 Å². The van der Waals surface area contributed by atoms with Gasteiger partial charge in [-0.3, -0.25) is 0 Å². The van der Waals surface area contributed by atoms with Crippen molar-refractivity contribution in [2.75, 3.05) is 11.1 Å². The summed E-state index contributed by atoms with van der Waals surface area (Å²) in [7, 11) is 0. The van der Waals surface area contributed by atoms with Crippen LogP contribution in [0.25, 0.3) is 0 Å². The van der Waals surface area contributed by atoms with Crippen molar-refractivity contribution in [2.45, 2.75) is 20.4 Å². The number of hydrogen-bond donors (Lipinski definition) is 2. The minimum atomic E-state index is 0.629. The third kappa shape index (κ3) is 2.13. The summed E-state index contributed by atoms with van der Waals surface area (Å²) in [5.74, 6) is 0.629. The molecule has 0 saturated heterocycles. The standard InChI is InChI=1S/C10H13N3S2/c1-6-4-14-5-8(6)3-12-10-7(2)9(11)13-15-10/h4-5,12H,3H2,1-2H3,(H2,11,13). The Bertz CT molecular complexity index is 459. The zero-order valence-corrected chi connectivity index (χ0v) is 10.3. The summed E-state index contributed by atoms with van der Waals surface area (Å²) in [6.07, 6.45) is 0. The lowest BCUT2D eigenvalue weighted by atomic mass is 10.2. The smallest absolute Gasteiger partial charge is 0.142 e. The highest BCUT2D eigenvalue weighted by Gasteiger charge is 2.06. The van der Waals surface area contributed by atoms with E-state index in [0.717, 1.165) is 17.1 Å². The highest BCUT2D eigenvalue weighted by molar-refractivity contribution is 7.10. The molecule has 5 heteroatoms. The molecule has 0 radical (unpaired) electrons. The molecule has 0 aliphatic heterocycles. The maximum atomic E-state index is 5.68. The van der Waals surface area contributed by atoms with Gasteiger partial charge in [-0.1, -0.05) is 0 Å². The van der Waals surface area contributed by atoms with Crippen LogP contribution in [-0.2, 0) is 6.54 Å². The molecule has 0 fully saturated rings. The first kappa shape index (κ1) is 10.4. The van der Waals surface area contributed by atoms with E-state index >= 15 is 0 Å². The number of nitrogens with zero attached hydrogens (tertiary/aromatic N) is 1. The third-order valence-corrected chi connectivity index (χ3v) is 4.19. The highest BCUT2D eigenvalue weighted by Crippen LogP contribution is 2.26. The Morgan fingerprint density at radius 2 is 2.20 bits per heavy atom. The molecule has 0 atom stereocenters. The van der Waals surface area contributed by atoms with Crippen molar-refractivity contribution in [3.63, 3.8) is 0 Å². The molecule has 0 aliphatic rings. The molecular formula is C10H13N3S2. The van der Waals surface area contributed by atoms with Crippen molar-refractivity contribution >= 4 is 33.7 Å².